The normalized spacial score (nSPS) is 30.2. The minimum atomic E-state index is 0.378. The SMILES string of the molecule is OCCCC(C1CCC1)C1CCNC1. The predicted molar refractivity (Wildman–Crippen MR) is 58.1 cm³/mol. The molecule has 0 radical (unpaired) electrons. The largest absolute Gasteiger partial charge is 0.396 e. The zero-order chi connectivity index (χ0) is 9.80. The van der Waals surface area contributed by atoms with Crippen LogP contribution in [0.1, 0.15) is 38.5 Å². The number of hydrogen-bond acceptors (Lipinski definition) is 2. The highest BCUT2D eigenvalue weighted by Crippen LogP contribution is 2.41. The molecular weight excluding hydrogens is 174 g/mol. The molecule has 1 saturated heterocycles. The van der Waals surface area contributed by atoms with Crippen LogP contribution in [0.5, 0.6) is 0 Å². The summed E-state index contributed by atoms with van der Waals surface area (Å²) in [6.07, 6.45) is 7.98. The van der Waals surface area contributed by atoms with Crippen molar-refractivity contribution in [2.75, 3.05) is 19.7 Å². The third kappa shape index (κ3) is 2.29. The molecule has 14 heavy (non-hydrogen) atoms. The van der Waals surface area contributed by atoms with Gasteiger partial charge in [-0.3, -0.25) is 0 Å². The molecule has 1 saturated carbocycles. The maximum atomic E-state index is 8.91. The molecule has 2 N–H and O–H groups in total. The third-order valence-corrected chi connectivity index (χ3v) is 4.15. The van der Waals surface area contributed by atoms with E-state index in [0.717, 1.165) is 24.2 Å². The van der Waals surface area contributed by atoms with E-state index in [9.17, 15) is 0 Å². The van der Waals surface area contributed by atoms with Crippen LogP contribution in [0.25, 0.3) is 0 Å². The monoisotopic (exact) mass is 197 g/mol. The van der Waals surface area contributed by atoms with E-state index >= 15 is 0 Å². The Morgan fingerprint density at radius 2 is 2.07 bits per heavy atom. The van der Waals surface area contributed by atoms with E-state index in [1.807, 2.05) is 0 Å². The topological polar surface area (TPSA) is 32.3 Å². The molecule has 2 heteroatoms. The van der Waals surface area contributed by atoms with Gasteiger partial charge >= 0.3 is 0 Å². The van der Waals surface area contributed by atoms with Gasteiger partial charge in [-0.25, -0.2) is 0 Å². The van der Waals surface area contributed by atoms with Crippen LogP contribution < -0.4 is 5.32 Å². The minimum Gasteiger partial charge on any atom is -0.396 e. The molecule has 2 unspecified atom stereocenters. The first-order valence-electron chi connectivity index (χ1n) is 6.23. The van der Waals surface area contributed by atoms with Crippen molar-refractivity contribution in [3.63, 3.8) is 0 Å². The van der Waals surface area contributed by atoms with Crippen LogP contribution >= 0.6 is 0 Å². The highest BCUT2D eigenvalue weighted by atomic mass is 16.2. The molecule has 0 spiro atoms. The van der Waals surface area contributed by atoms with E-state index in [2.05, 4.69) is 5.32 Å². The van der Waals surface area contributed by atoms with Gasteiger partial charge in [0.1, 0.15) is 0 Å². The van der Waals surface area contributed by atoms with Gasteiger partial charge in [0.2, 0.25) is 0 Å². The van der Waals surface area contributed by atoms with Crippen LogP contribution in [0.3, 0.4) is 0 Å². The number of aliphatic hydroxyl groups excluding tert-OH is 1. The molecule has 1 aliphatic carbocycles. The van der Waals surface area contributed by atoms with Gasteiger partial charge < -0.3 is 10.4 Å². The van der Waals surface area contributed by atoms with Gasteiger partial charge in [0.05, 0.1) is 0 Å². The summed E-state index contributed by atoms with van der Waals surface area (Å²) in [5.41, 5.74) is 0. The van der Waals surface area contributed by atoms with Gasteiger partial charge in [0.15, 0.2) is 0 Å². The standard InChI is InChI=1S/C12H23NO/c14-8-2-5-12(10-3-1-4-10)11-6-7-13-9-11/h10-14H,1-9H2. The van der Waals surface area contributed by atoms with Crippen molar-refractivity contribution in [1.82, 2.24) is 5.32 Å². The molecule has 0 amide bonds. The van der Waals surface area contributed by atoms with Crippen molar-refractivity contribution >= 4 is 0 Å². The molecule has 2 nitrogen and oxygen atoms in total. The quantitative estimate of drug-likeness (QED) is 0.704. The van der Waals surface area contributed by atoms with E-state index in [1.54, 1.807) is 0 Å². The van der Waals surface area contributed by atoms with Crippen LogP contribution in [0, 0.1) is 17.8 Å². The fourth-order valence-corrected chi connectivity index (χ4v) is 3.09. The Bertz CT molecular complexity index is 162. The fourth-order valence-electron chi connectivity index (χ4n) is 3.09. The maximum Gasteiger partial charge on any atom is 0.0431 e. The first-order valence-corrected chi connectivity index (χ1v) is 6.23. The van der Waals surface area contributed by atoms with Crippen molar-refractivity contribution < 1.29 is 5.11 Å². The summed E-state index contributed by atoms with van der Waals surface area (Å²) >= 11 is 0. The molecule has 82 valence electrons. The number of nitrogens with one attached hydrogen (secondary N) is 1. The van der Waals surface area contributed by atoms with Crippen LogP contribution in [0.4, 0.5) is 0 Å². The average molecular weight is 197 g/mol. The maximum absolute atomic E-state index is 8.91. The summed E-state index contributed by atoms with van der Waals surface area (Å²) in [4.78, 5) is 0. The molecule has 1 heterocycles. The Balaban J connectivity index is 1.83. The molecule has 2 atom stereocenters. The Morgan fingerprint density at radius 3 is 2.57 bits per heavy atom. The second-order valence-electron chi connectivity index (χ2n) is 4.97. The van der Waals surface area contributed by atoms with Gasteiger partial charge in [0, 0.05) is 6.61 Å². The van der Waals surface area contributed by atoms with Crippen molar-refractivity contribution in [2.45, 2.75) is 38.5 Å². The highest BCUT2D eigenvalue weighted by molar-refractivity contribution is 4.86. The van der Waals surface area contributed by atoms with Crippen LogP contribution in [0.2, 0.25) is 0 Å². The molecule has 0 aromatic rings. The Kier molecular flexibility index (Phi) is 3.82. The van der Waals surface area contributed by atoms with E-state index in [1.165, 1.54) is 45.2 Å². The highest BCUT2D eigenvalue weighted by Gasteiger charge is 2.33. The van der Waals surface area contributed by atoms with E-state index in [4.69, 9.17) is 5.11 Å². The van der Waals surface area contributed by atoms with Crippen molar-refractivity contribution in [3.8, 4) is 0 Å². The van der Waals surface area contributed by atoms with E-state index < -0.39 is 0 Å². The van der Waals surface area contributed by atoms with Crippen LogP contribution in [-0.2, 0) is 0 Å². The van der Waals surface area contributed by atoms with Gasteiger partial charge in [-0.1, -0.05) is 19.3 Å². The zero-order valence-corrected chi connectivity index (χ0v) is 9.04. The summed E-state index contributed by atoms with van der Waals surface area (Å²) < 4.78 is 0. The van der Waals surface area contributed by atoms with Crippen molar-refractivity contribution in [3.05, 3.63) is 0 Å². The first kappa shape index (κ1) is 10.4. The van der Waals surface area contributed by atoms with Gasteiger partial charge in [-0.15, -0.1) is 0 Å². The summed E-state index contributed by atoms with van der Waals surface area (Å²) in [5.74, 6) is 2.81. The number of hydrogen-bond donors (Lipinski definition) is 2. The lowest BCUT2D eigenvalue weighted by Gasteiger charge is -2.37. The minimum absolute atomic E-state index is 0.378. The lowest BCUT2D eigenvalue weighted by Crippen LogP contribution is -2.30. The van der Waals surface area contributed by atoms with Crippen LogP contribution in [-0.4, -0.2) is 24.8 Å². The molecule has 2 fully saturated rings. The van der Waals surface area contributed by atoms with E-state index in [0.29, 0.717) is 6.61 Å². The number of aliphatic hydroxyl groups is 1. The van der Waals surface area contributed by atoms with Gasteiger partial charge in [-0.05, 0) is 50.1 Å². The fraction of sp³-hybridized carbons (Fsp3) is 1.00. The molecule has 1 aliphatic heterocycles. The van der Waals surface area contributed by atoms with Crippen molar-refractivity contribution in [1.29, 1.82) is 0 Å². The summed E-state index contributed by atoms with van der Waals surface area (Å²) in [6, 6.07) is 0. The predicted octanol–water partition coefficient (Wildman–Crippen LogP) is 1.78. The van der Waals surface area contributed by atoms with Crippen molar-refractivity contribution in [2.24, 2.45) is 17.8 Å². The van der Waals surface area contributed by atoms with Crippen LogP contribution in [0.15, 0.2) is 0 Å². The molecular formula is C12H23NO. The van der Waals surface area contributed by atoms with Gasteiger partial charge in [0.25, 0.3) is 0 Å². The summed E-state index contributed by atoms with van der Waals surface area (Å²) in [6.45, 7) is 2.82. The second-order valence-corrected chi connectivity index (χ2v) is 4.97. The molecule has 0 bridgehead atoms. The summed E-state index contributed by atoms with van der Waals surface area (Å²) in [5, 5.41) is 12.4. The Morgan fingerprint density at radius 1 is 1.21 bits per heavy atom. The number of rotatable bonds is 5. The summed E-state index contributed by atoms with van der Waals surface area (Å²) in [7, 11) is 0. The second kappa shape index (κ2) is 5.13. The average Bonchev–Trinajstić information content (AvgIpc) is 2.61. The Hall–Kier alpha value is -0.0800. The third-order valence-electron chi connectivity index (χ3n) is 4.15. The van der Waals surface area contributed by atoms with E-state index in [-0.39, 0.29) is 0 Å². The Labute approximate surface area is 87.1 Å². The van der Waals surface area contributed by atoms with Gasteiger partial charge in [-0.2, -0.15) is 0 Å². The lowest BCUT2D eigenvalue weighted by atomic mass is 9.68. The lowest BCUT2D eigenvalue weighted by molar-refractivity contribution is 0.131. The smallest absolute Gasteiger partial charge is 0.0431 e. The molecule has 0 aromatic heterocycles. The molecule has 2 rings (SSSR count). The zero-order valence-electron chi connectivity index (χ0n) is 9.04. The molecule has 2 aliphatic rings. The molecule has 0 aromatic carbocycles. The first-order chi connectivity index (χ1) is 6.92.